The van der Waals surface area contributed by atoms with Gasteiger partial charge in [0, 0.05) is 0 Å². The maximum Gasteiger partial charge on any atom is 0.323 e. The monoisotopic (exact) mass is 299 g/mol. The predicted octanol–water partition coefficient (Wildman–Crippen LogP) is -5.06. The van der Waals surface area contributed by atoms with E-state index in [0.29, 0.717) is 0 Å². The number of nitrogens with two attached hydrogens (primary N) is 1. The van der Waals surface area contributed by atoms with Gasteiger partial charge >= 0.3 is 5.97 Å². The average molecular weight is 299 g/mol. The van der Waals surface area contributed by atoms with Gasteiger partial charge in [-0.1, -0.05) is 0 Å². The Morgan fingerprint density at radius 3 is 1.10 bits per heavy atom. The maximum absolute atomic E-state index is 9.86. The van der Waals surface area contributed by atoms with Crippen LogP contribution in [0.3, 0.4) is 0 Å². The average Bonchev–Trinajstić information content (AvgIpc) is 2.40. The van der Waals surface area contributed by atoms with Gasteiger partial charge < -0.3 is 46.6 Å². The molecule has 10 N–H and O–H groups in total. The van der Waals surface area contributed by atoms with Crippen LogP contribution in [0.5, 0.6) is 0 Å². The van der Waals surface area contributed by atoms with Gasteiger partial charge in [0.1, 0.15) is 42.7 Å². The number of carbonyl (C=O) groups is 1. The molecule has 0 aromatic carbocycles. The summed E-state index contributed by atoms with van der Waals surface area (Å²) in [4.78, 5) is 9.86. The molecule has 10 heteroatoms. The van der Waals surface area contributed by atoms with Crippen LogP contribution in [0, 0.1) is 0 Å². The summed E-state index contributed by atoms with van der Waals surface area (Å²) in [5.41, 5.74) is 4.91. The van der Waals surface area contributed by atoms with Crippen LogP contribution < -0.4 is 5.73 Å². The molecule has 0 aliphatic heterocycles. The van der Waals surface area contributed by atoms with Gasteiger partial charge in [0.05, 0.1) is 6.10 Å². The summed E-state index contributed by atoms with van der Waals surface area (Å²) < 4.78 is 0. The molecule has 0 heterocycles. The molecule has 0 spiro atoms. The van der Waals surface area contributed by atoms with Crippen LogP contribution in [0.4, 0.5) is 0 Å². The number of hydrogen-bond acceptors (Lipinski definition) is 9. The minimum atomic E-state index is -1.64. The summed E-state index contributed by atoms with van der Waals surface area (Å²) in [6.45, 7) is 1.33. The van der Waals surface area contributed by atoms with E-state index in [-0.39, 0.29) is 0 Å². The first kappa shape index (κ1) is 19.1. The van der Waals surface area contributed by atoms with Crippen LogP contribution in [0.1, 0.15) is 6.92 Å². The molecule has 1 aliphatic rings. The summed E-state index contributed by atoms with van der Waals surface area (Å²) in [6.07, 6.45) is -10.8. The van der Waals surface area contributed by atoms with Gasteiger partial charge in [-0.15, -0.1) is 0 Å². The summed E-state index contributed by atoms with van der Waals surface area (Å²) in [5, 5.41) is 70.4. The number of carboxylic acids is 1. The third kappa shape index (κ3) is 4.61. The smallest absolute Gasteiger partial charge is 0.323 e. The van der Waals surface area contributed by atoms with Crippen molar-refractivity contribution in [1.29, 1.82) is 0 Å². The molecule has 20 heavy (non-hydrogen) atoms. The van der Waals surface area contributed by atoms with Crippen LogP contribution in [-0.2, 0) is 4.79 Å². The van der Waals surface area contributed by atoms with Crippen LogP contribution in [0.25, 0.3) is 0 Å². The molecular formula is C10H21NO9. The summed E-state index contributed by atoms with van der Waals surface area (Å²) in [7, 11) is 0. The molecule has 2 unspecified atom stereocenters. The molecule has 1 fully saturated rings. The second kappa shape index (κ2) is 7.81. The molecule has 0 aromatic rings. The summed E-state index contributed by atoms with van der Waals surface area (Å²) in [6, 6.07) is -1.16. The van der Waals surface area contributed by atoms with E-state index in [4.69, 9.17) is 46.6 Å². The zero-order chi connectivity index (χ0) is 16.2. The van der Waals surface area contributed by atoms with Crippen molar-refractivity contribution in [2.75, 3.05) is 0 Å². The van der Waals surface area contributed by atoms with Crippen molar-refractivity contribution in [1.82, 2.24) is 0 Å². The van der Waals surface area contributed by atoms with E-state index in [2.05, 4.69) is 0 Å². The van der Waals surface area contributed by atoms with E-state index in [1.807, 2.05) is 0 Å². The number of rotatable bonds is 2. The van der Waals surface area contributed by atoms with E-state index in [9.17, 15) is 4.79 Å². The molecule has 120 valence electrons. The Morgan fingerprint density at radius 1 is 0.850 bits per heavy atom. The van der Waals surface area contributed by atoms with E-state index < -0.39 is 54.7 Å². The van der Waals surface area contributed by atoms with Gasteiger partial charge in [-0.2, -0.15) is 0 Å². The van der Waals surface area contributed by atoms with E-state index in [0.717, 1.165) is 0 Å². The lowest BCUT2D eigenvalue weighted by Crippen LogP contribution is -2.63. The molecule has 0 aromatic heterocycles. The summed E-state index contributed by atoms with van der Waals surface area (Å²) >= 11 is 0. The molecule has 0 radical (unpaired) electrons. The Morgan fingerprint density at radius 2 is 1.05 bits per heavy atom. The van der Waals surface area contributed by atoms with E-state index in [1.165, 1.54) is 6.92 Å². The molecule has 0 saturated heterocycles. The Bertz CT molecular complexity index is 255. The molecule has 1 rings (SSSR count). The lowest BCUT2D eigenvalue weighted by molar-refractivity contribution is -0.223. The molecular weight excluding hydrogens is 278 g/mol. The number of aliphatic hydroxyl groups is 7. The zero-order valence-electron chi connectivity index (χ0n) is 10.7. The highest BCUT2D eigenvalue weighted by molar-refractivity contribution is 5.73. The Hall–Kier alpha value is -0.850. The van der Waals surface area contributed by atoms with Crippen LogP contribution >= 0.6 is 0 Å². The van der Waals surface area contributed by atoms with Crippen LogP contribution in [0.2, 0.25) is 0 Å². The number of hydrogen-bond donors (Lipinski definition) is 9. The van der Waals surface area contributed by atoms with Crippen LogP contribution in [-0.4, -0.2) is 95.6 Å². The van der Waals surface area contributed by atoms with Crippen molar-refractivity contribution in [3.8, 4) is 0 Å². The van der Waals surface area contributed by atoms with Crippen molar-refractivity contribution in [3.05, 3.63) is 0 Å². The first-order valence-electron chi connectivity index (χ1n) is 5.77. The molecule has 2 atom stereocenters. The summed E-state index contributed by atoms with van der Waals surface area (Å²) in [5.74, 6) is -1.18. The van der Waals surface area contributed by atoms with Gasteiger partial charge in [-0.05, 0) is 6.92 Å². The standard InChI is InChI=1S/C6H12O6.C4H9NO3/c7-1-2(8)4(10)6(12)5(11)3(1)9;1-2(6)3(5)4(7)8/h1-12H;2-3,6H,5H2,1H3,(H,7,8)/t1-,2-,3-,4+,5-,6-;. The highest BCUT2D eigenvalue weighted by atomic mass is 16.4. The van der Waals surface area contributed by atoms with Crippen molar-refractivity contribution in [2.24, 2.45) is 5.73 Å². The van der Waals surface area contributed by atoms with Gasteiger partial charge in [-0.25, -0.2) is 0 Å². The lowest BCUT2D eigenvalue weighted by Gasteiger charge is -2.39. The first-order valence-corrected chi connectivity index (χ1v) is 5.77. The SMILES string of the molecule is CC(O)C(N)C(=O)O.O[C@H]1[C@H](O)[C@@H](O)[C@H](O)[C@@H](O)[C@H]1O. The Balaban J connectivity index is 0.000000396. The normalized spacial score (nSPS) is 40.2. The molecule has 10 nitrogen and oxygen atoms in total. The Labute approximate surface area is 114 Å². The quantitative estimate of drug-likeness (QED) is 0.237. The second-order valence-electron chi connectivity index (χ2n) is 4.55. The highest BCUT2D eigenvalue weighted by Crippen LogP contribution is 2.20. The van der Waals surface area contributed by atoms with E-state index in [1.54, 1.807) is 0 Å². The minimum absolute atomic E-state index is 0.979. The number of aliphatic carboxylic acids is 1. The van der Waals surface area contributed by atoms with Gasteiger partial charge in [0.15, 0.2) is 0 Å². The molecule has 1 saturated carbocycles. The van der Waals surface area contributed by atoms with E-state index >= 15 is 0 Å². The molecule has 0 amide bonds. The predicted molar refractivity (Wildman–Crippen MR) is 63.3 cm³/mol. The van der Waals surface area contributed by atoms with Crippen LogP contribution in [0.15, 0.2) is 0 Å². The number of carboxylic acid groups (broad SMARTS) is 1. The molecule has 0 bridgehead atoms. The molecule has 1 aliphatic carbocycles. The van der Waals surface area contributed by atoms with Crippen molar-refractivity contribution >= 4 is 5.97 Å². The second-order valence-corrected chi connectivity index (χ2v) is 4.55. The topological polar surface area (TPSA) is 205 Å². The van der Waals surface area contributed by atoms with Gasteiger partial charge in [-0.3, -0.25) is 4.79 Å². The lowest BCUT2D eigenvalue weighted by atomic mass is 9.85. The minimum Gasteiger partial charge on any atom is -0.480 e. The first-order chi connectivity index (χ1) is 9.02. The fourth-order valence-corrected chi connectivity index (χ4v) is 1.42. The third-order valence-electron chi connectivity index (χ3n) is 2.90. The largest absolute Gasteiger partial charge is 0.480 e. The van der Waals surface area contributed by atoms with Crippen molar-refractivity contribution in [2.45, 2.75) is 55.7 Å². The number of aliphatic hydroxyl groups excluding tert-OH is 7. The van der Waals surface area contributed by atoms with Gasteiger partial charge in [0.25, 0.3) is 0 Å². The van der Waals surface area contributed by atoms with Crippen molar-refractivity contribution in [3.63, 3.8) is 0 Å². The van der Waals surface area contributed by atoms with Gasteiger partial charge in [0.2, 0.25) is 0 Å². The highest BCUT2D eigenvalue weighted by Gasteiger charge is 2.47. The zero-order valence-corrected chi connectivity index (χ0v) is 10.7. The van der Waals surface area contributed by atoms with Crippen molar-refractivity contribution < 1.29 is 45.6 Å². The fraction of sp³-hybridized carbons (Fsp3) is 0.900. The Kier molecular flexibility index (Phi) is 7.47. The fourth-order valence-electron chi connectivity index (χ4n) is 1.42. The maximum atomic E-state index is 9.86. The third-order valence-corrected chi connectivity index (χ3v) is 2.90.